The molecule has 1 aliphatic heterocycles. The van der Waals surface area contributed by atoms with Crippen LogP contribution in [0, 0.1) is 23.0 Å². The van der Waals surface area contributed by atoms with Gasteiger partial charge in [-0.1, -0.05) is 64.4 Å². The molecule has 3 aromatic rings. The molecule has 2 aromatic carbocycles. The summed E-state index contributed by atoms with van der Waals surface area (Å²) in [7, 11) is 0. The van der Waals surface area contributed by atoms with Gasteiger partial charge >= 0.3 is 11.9 Å². The SMILES string of the molecule is CC1CC(=O)N(CCCCCC(=O)N[C@@H](CC(N)=O)C(=O)N[C@@H](CCN(C(=O)CO)[C@@H](c2cc(-c3cc(F)ccc3F)cn2Cc2ccccc2)C(C)(C)C)C(=O)NCCC(=O)N[C@H](CCC(=O)O)C(=O)O)C1=O. The number of hydrogen-bond acceptors (Lipinski definition) is 11. The molecule has 1 aliphatic rings. The van der Waals surface area contributed by atoms with E-state index < -0.39 is 140 Å². The number of carboxylic acid groups (broad SMARTS) is 2. The van der Waals surface area contributed by atoms with Crippen molar-refractivity contribution in [3.8, 4) is 11.1 Å². The molecular weight excluding hydrogens is 971 g/mol. The van der Waals surface area contributed by atoms with Gasteiger partial charge in [0, 0.05) is 80.8 Å². The summed E-state index contributed by atoms with van der Waals surface area (Å²) in [6, 6.07) is 7.91. The number of aliphatic hydroxyl groups is 1. The third-order valence-electron chi connectivity index (χ3n) is 12.3. The lowest BCUT2D eigenvalue weighted by atomic mass is 9.82. The second kappa shape index (κ2) is 27.5. The van der Waals surface area contributed by atoms with Gasteiger partial charge in [0.2, 0.25) is 47.3 Å². The van der Waals surface area contributed by atoms with Gasteiger partial charge in [-0.15, -0.1) is 0 Å². The number of nitrogens with one attached hydrogen (secondary N) is 4. The molecule has 0 spiro atoms. The lowest BCUT2D eigenvalue weighted by molar-refractivity contribution is -0.143. The number of carboxylic acids is 2. The zero-order valence-corrected chi connectivity index (χ0v) is 41.9. The van der Waals surface area contributed by atoms with Gasteiger partial charge in [0.25, 0.3) is 0 Å². The monoisotopic (exact) mass is 1040 g/mol. The quantitative estimate of drug-likeness (QED) is 0.0367. The van der Waals surface area contributed by atoms with Crippen molar-refractivity contribution in [3.63, 3.8) is 0 Å². The number of nitrogens with zero attached hydrogens (tertiary/aromatic N) is 3. The molecule has 1 aromatic heterocycles. The number of hydrogen-bond donors (Lipinski definition) is 8. The molecule has 1 saturated heterocycles. The van der Waals surface area contributed by atoms with E-state index in [1.165, 1.54) is 9.80 Å². The molecule has 2 heterocycles. The molecule has 5 atom stereocenters. The Hall–Kier alpha value is -7.56. The molecule has 8 amide bonds. The predicted molar refractivity (Wildman–Crippen MR) is 262 cm³/mol. The van der Waals surface area contributed by atoms with E-state index in [4.69, 9.17) is 10.8 Å². The molecule has 402 valence electrons. The number of carbonyl (C=O) groups is 10. The lowest BCUT2D eigenvalue weighted by Gasteiger charge is -2.41. The first kappa shape index (κ1) is 59.0. The highest BCUT2D eigenvalue weighted by atomic mass is 19.1. The second-order valence-corrected chi connectivity index (χ2v) is 19.3. The van der Waals surface area contributed by atoms with Crippen LogP contribution < -0.4 is 27.0 Å². The van der Waals surface area contributed by atoms with Gasteiger partial charge in [0.15, 0.2) is 0 Å². The molecule has 0 saturated carbocycles. The Bertz CT molecular complexity index is 2530. The average molecular weight is 1040 g/mol. The highest BCUT2D eigenvalue weighted by Gasteiger charge is 2.39. The van der Waals surface area contributed by atoms with Crippen molar-refractivity contribution in [1.29, 1.82) is 0 Å². The maximum atomic E-state index is 15.3. The van der Waals surface area contributed by atoms with E-state index in [0.717, 1.165) is 23.8 Å². The summed E-state index contributed by atoms with van der Waals surface area (Å²) in [4.78, 5) is 130. The third kappa shape index (κ3) is 17.6. The fourth-order valence-electron chi connectivity index (χ4n) is 8.62. The van der Waals surface area contributed by atoms with Crippen molar-refractivity contribution in [2.24, 2.45) is 17.1 Å². The van der Waals surface area contributed by atoms with E-state index in [1.54, 1.807) is 44.5 Å². The predicted octanol–water partition coefficient (Wildman–Crippen LogP) is 2.52. The van der Waals surface area contributed by atoms with Crippen molar-refractivity contribution in [3.05, 3.63) is 83.7 Å². The van der Waals surface area contributed by atoms with Crippen LogP contribution in [0.3, 0.4) is 0 Å². The van der Waals surface area contributed by atoms with Crippen LogP contribution in [0.4, 0.5) is 8.78 Å². The first-order chi connectivity index (χ1) is 34.9. The average Bonchev–Trinajstić information content (AvgIpc) is 3.84. The van der Waals surface area contributed by atoms with Gasteiger partial charge in [0.1, 0.15) is 36.4 Å². The number of nitrogens with two attached hydrogens (primary N) is 1. The molecule has 1 unspecified atom stereocenters. The maximum absolute atomic E-state index is 15.3. The Morgan fingerprint density at radius 1 is 0.824 bits per heavy atom. The minimum atomic E-state index is -1.62. The normalized spacial score (nSPS) is 15.1. The number of aliphatic carboxylic acids is 2. The molecular formula is C51H66F2N8O13. The molecule has 1 fully saturated rings. The van der Waals surface area contributed by atoms with Crippen LogP contribution in [0.5, 0.6) is 0 Å². The third-order valence-corrected chi connectivity index (χ3v) is 12.3. The number of benzene rings is 2. The van der Waals surface area contributed by atoms with Crippen molar-refractivity contribution >= 4 is 59.2 Å². The molecule has 23 heteroatoms. The fraction of sp³-hybridized carbons (Fsp3) is 0.490. The van der Waals surface area contributed by atoms with Crippen LogP contribution >= 0.6 is 0 Å². The number of likely N-dealkylation sites (tertiary alicyclic amines) is 1. The zero-order valence-electron chi connectivity index (χ0n) is 41.9. The molecule has 0 radical (unpaired) electrons. The minimum Gasteiger partial charge on any atom is -0.481 e. The maximum Gasteiger partial charge on any atom is 0.326 e. The molecule has 74 heavy (non-hydrogen) atoms. The Labute approximate surface area is 426 Å². The zero-order chi connectivity index (χ0) is 54.9. The van der Waals surface area contributed by atoms with Crippen molar-refractivity contribution in [1.82, 2.24) is 35.6 Å². The summed E-state index contributed by atoms with van der Waals surface area (Å²) >= 11 is 0. The topological polar surface area (TPSA) is 317 Å². The van der Waals surface area contributed by atoms with Gasteiger partial charge < -0.3 is 51.8 Å². The number of aliphatic hydroxyl groups excluding tert-OH is 1. The lowest BCUT2D eigenvalue weighted by Crippen LogP contribution is -2.56. The molecule has 0 aliphatic carbocycles. The first-order valence-electron chi connectivity index (χ1n) is 24.2. The van der Waals surface area contributed by atoms with Gasteiger partial charge in [-0.3, -0.25) is 48.1 Å². The number of amides is 8. The summed E-state index contributed by atoms with van der Waals surface area (Å²) < 4.78 is 31.7. The molecule has 0 bridgehead atoms. The fourth-order valence-corrected chi connectivity index (χ4v) is 8.62. The molecule has 9 N–H and O–H groups in total. The number of halogens is 2. The van der Waals surface area contributed by atoms with Crippen LogP contribution in [0.1, 0.15) is 109 Å². The van der Waals surface area contributed by atoms with E-state index in [1.807, 2.05) is 30.3 Å². The van der Waals surface area contributed by atoms with Crippen LogP contribution in [-0.4, -0.2) is 133 Å². The number of imide groups is 1. The van der Waals surface area contributed by atoms with Crippen molar-refractivity contribution in [2.45, 2.75) is 123 Å². The van der Waals surface area contributed by atoms with Crippen LogP contribution in [-0.2, 0) is 54.5 Å². The van der Waals surface area contributed by atoms with E-state index in [2.05, 4.69) is 21.3 Å². The van der Waals surface area contributed by atoms with E-state index in [9.17, 15) is 62.5 Å². The Morgan fingerprint density at radius 3 is 2.11 bits per heavy atom. The molecule has 4 rings (SSSR count). The van der Waals surface area contributed by atoms with Gasteiger partial charge in [0.05, 0.1) is 12.5 Å². The summed E-state index contributed by atoms with van der Waals surface area (Å²) in [5, 5.41) is 38.6. The van der Waals surface area contributed by atoms with Crippen LogP contribution in [0.25, 0.3) is 11.1 Å². The molecule has 21 nitrogen and oxygen atoms in total. The first-order valence-corrected chi connectivity index (χ1v) is 24.2. The minimum absolute atomic E-state index is 0.0715. The van der Waals surface area contributed by atoms with Crippen LogP contribution in [0.2, 0.25) is 0 Å². The number of rotatable bonds is 29. The number of carbonyl (C=O) groups excluding carboxylic acids is 8. The number of aromatic nitrogens is 1. The summed E-state index contributed by atoms with van der Waals surface area (Å²) in [5.41, 5.74) is 5.98. The highest BCUT2D eigenvalue weighted by molar-refractivity contribution is 6.03. The smallest absolute Gasteiger partial charge is 0.326 e. The summed E-state index contributed by atoms with van der Waals surface area (Å²) in [6.07, 6.45) is 0.0445. The Morgan fingerprint density at radius 2 is 1.50 bits per heavy atom. The van der Waals surface area contributed by atoms with E-state index in [-0.39, 0.29) is 61.8 Å². The Balaban J connectivity index is 1.64. The van der Waals surface area contributed by atoms with Gasteiger partial charge in [-0.05, 0) is 60.9 Å². The van der Waals surface area contributed by atoms with Crippen LogP contribution in [0.15, 0.2) is 60.8 Å². The van der Waals surface area contributed by atoms with E-state index in [0.29, 0.717) is 18.5 Å². The van der Waals surface area contributed by atoms with Crippen molar-refractivity contribution < 1.29 is 72.0 Å². The van der Waals surface area contributed by atoms with Crippen molar-refractivity contribution in [2.75, 3.05) is 26.2 Å². The van der Waals surface area contributed by atoms with E-state index >= 15 is 4.39 Å². The number of primary amides is 1. The highest BCUT2D eigenvalue weighted by Crippen LogP contribution is 2.41. The second-order valence-electron chi connectivity index (χ2n) is 19.3. The standard InChI is InChI=1S/C51H66F2N8O13/c1-30-23-43(66)61(49(30)72)21-10-6-9-13-41(64)57-38(26-40(54)63)48(71)58-36(47(70)55-20-18-42(65)56-37(50(73)74)16-17-45(68)69)19-22-60(44(67)29-62)46(51(2,3)4)39-24-32(34-25-33(52)14-15-35(34)53)28-59(39)27-31-11-7-5-8-12-31/h5,7-8,11-12,14-15,24-25,28,30,36-38,46,62H,6,9-10,13,16-23,26-27,29H2,1-4H3,(H2,54,63)(H,55,70)(H,56,65)(H,57,64)(H,58,71)(H,68,69)(H,73,74)/t30?,36-,37+,38-,46-/m0/s1. The Kier molecular flexibility index (Phi) is 21.9. The summed E-state index contributed by atoms with van der Waals surface area (Å²) in [6.45, 7) is 5.54. The van der Waals surface area contributed by atoms with Gasteiger partial charge in [-0.25, -0.2) is 13.6 Å². The largest absolute Gasteiger partial charge is 0.481 e. The number of unbranched alkanes of at least 4 members (excludes halogenated alkanes) is 2. The van der Waals surface area contributed by atoms with Gasteiger partial charge in [-0.2, -0.15) is 0 Å². The summed E-state index contributed by atoms with van der Waals surface area (Å²) in [5.74, 6) is -10.5.